The molecule has 23 heavy (non-hydrogen) atoms. The van der Waals surface area contributed by atoms with Crippen molar-refractivity contribution in [3.63, 3.8) is 0 Å². The SMILES string of the molecule is CC[C@H](NC(=O)C1CCN(C)CC1)c1cc(C)c(C(=O)NO)s1. The maximum atomic E-state index is 12.5. The predicted molar refractivity (Wildman–Crippen MR) is 89.7 cm³/mol. The topological polar surface area (TPSA) is 81.7 Å². The molecule has 2 rings (SSSR count). The molecule has 0 bridgehead atoms. The normalized spacial score (nSPS) is 17.7. The molecular weight excluding hydrogens is 314 g/mol. The zero-order valence-electron chi connectivity index (χ0n) is 13.9. The van der Waals surface area contributed by atoms with Crippen molar-refractivity contribution >= 4 is 23.2 Å². The summed E-state index contributed by atoms with van der Waals surface area (Å²) in [7, 11) is 2.07. The molecule has 0 aliphatic carbocycles. The highest BCUT2D eigenvalue weighted by Crippen LogP contribution is 2.29. The summed E-state index contributed by atoms with van der Waals surface area (Å²) in [5, 5.41) is 11.9. The van der Waals surface area contributed by atoms with Gasteiger partial charge in [0.05, 0.1) is 10.9 Å². The number of nitrogens with one attached hydrogen (secondary N) is 2. The molecule has 1 atom stereocenters. The van der Waals surface area contributed by atoms with E-state index in [2.05, 4.69) is 17.3 Å². The van der Waals surface area contributed by atoms with Crippen LogP contribution in [0.4, 0.5) is 0 Å². The van der Waals surface area contributed by atoms with Gasteiger partial charge in [0.1, 0.15) is 0 Å². The van der Waals surface area contributed by atoms with Crippen LogP contribution in [0.5, 0.6) is 0 Å². The molecule has 0 radical (unpaired) electrons. The minimum Gasteiger partial charge on any atom is -0.348 e. The summed E-state index contributed by atoms with van der Waals surface area (Å²) in [6.07, 6.45) is 2.54. The number of piperidine rings is 1. The average molecular weight is 339 g/mol. The van der Waals surface area contributed by atoms with Crippen LogP contribution in [0.2, 0.25) is 0 Å². The van der Waals surface area contributed by atoms with Crippen molar-refractivity contribution in [2.45, 2.75) is 39.2 Å². The predicted octanol–water partition coefficient (Wildman–Crippen LogP) is 2.08. The van der Waals surface area contributed by atoms with Crippen LogP contribution in [0, 0.1) is 12.8 Å². The maximum Gasteiger partial charge on any atom is 0.284 e. The number of carbonyl (C=O) groups excluding carboxylic acids is 2. The highest BCUT2D eigenvalue weighted by molar-refractivity contribution is 7.14. The monoisotopic (exact) mass is 339 g/mol. The lowest BCUT2D eigenvalue weighted by Gasteiger charge is -2.29. The van der Waals surface area contributed by atoms with Crippen molar-refractivity contribution in [3.05, 3.63) is 21.4 Å². The largest absolute Gasteiger partial charge is 0.348 e. The molecule has 1 fully saturated rings. The third kappa shape index (κ3) is 4.31. The Balaban J connectivity index is 2.05. The fourth-order valence-electron chi connectivity index (χ4n) is 2.89. The Hall–Kier alpha value is -1.44. The number of hydroxylamine groups is 1. The minimum atomic E-state index is -0.504. The number of amides is 2. The van der Waals surface area contributed by atoms with E-state index >= 15 is 0 Å². The van der Waals surface area contributed by atoms with Crippen molar-refractivity contribution in [2.24, 2.45) is 5.92 Å². The summed E-state index contributed by atoms with van der Waals surface area (Å²) < 4.78 is 0. The first kappa shape index (κ1) is 17.9. The number of aryl methyl sites for hydroxylation is 1. The van der Waals surface area contributed by atoms with Gasteiger partial charge in [-0.2, -0.15) is 0 Å². The Morgan fingerprint density at radius 3 is 2.65 bits per heavy atom. The van der Waals surface area contributed by atoms with Gasteiger partial charge in [0.15, 0.2) is 0 Å². The molecule has 3 N–H and O–H groups in total. The molecule has 0 saturated carbocycles. The van der Waals surface area contributed by atoms with E-state index in [0.717, 1.165) is 42.8 Å². The summed E-state index contributed by atoms with van der Waals surface area (Å²) in [4.78, 5) is 27.8. The molecule has 7 heteroatoms. The quantitative estimate of drug-likeness (QED) is 0.567. The van der Waals surface area contributed by atoms with Gasteiger partial charge >= 0.3 is 0 Å². The fraction of sp³-hybridized carbons (Fsp3) is 0.625. The van der Waals surface area contributed by atoms with E-state index in [9.17, 15) is 9.59 Å². The van der Waals surface area contributed by atoms with Crippen LogP contribution < -0.4 is 10.8 Å². The first-order valence-corrected chi connectivity index (χ1v) is 8.81. The smallest absolute Gasteiger partial charge is 0.284 e. The minimum absolute atomic E-state index is 0.0709. The van der Waals surface area contributed by atoms with Crippen LogP contribution in [0.25, 0.3) is 0 Å². The number of carbonyl (C=O) groups is 2. The van der Waals surface area contributed by atoms with E-state index in [4.69, 9.17) is 5.21 Å². The Morgan fingerprint density at radius 1 is 1.43 bits per heavy atom. The van der Waals surface area contributed by atoms with E-state index in [1.54, 1.807) is 5.48 Å². The molecule has 1 aliphatic heterocycles. The second-order valence-electron chi connectivity index (χ2n) is 6.15. The molecule has 6 nitrogen and oxygen atoms in total. The lowest BCUT2D eigenvalue weighted by Crippen LogP contribution is -2.40. The first-order valence-electron chi connectivity index (χ1n) is 7.99. The summed E-state index contributed by atoms with van der Waals surface area (Å²) in [5.41, 5.74) is 2.48. The molecule has 0 unspecified atom stereocenters. The molecule has 1 aliphatic rings. The Kier molecular flexibility index (Phi) is 6.15. The number of rotatable bonds is 5. The molecular formula is C16H25N3O3S. The van der Waals surface area contributed by atoms with Gasteiger partial charge in [-0.05, 0) is 58.0 Å². The molecule has 2 amide bonds. The number of hydrogen-bond donors (Lipinski definition) is 3. The first-order chi connectivity index (χ1) is 11.0. The lowest BCUT2D eigenvalue weighted by atomic mass is 9.95. The Morgan fingerprint density at radius 2 is 2.09 bits per heavy atom. The summed E-state index contributed by atoms with van der Waals surface area (Å²) in [5.74, 6) is -0.332. The fourth-order valence-corrected chi connectivity index (χ4v) is 4.09. The number of nitrogens with zero attached hydrogens (tertiary/aromatic N) is 1. The number of hydrogen-bond acceptors (Lipinski definition) is 5. The van der Waals surface area contributed by atoms with Gasteiger partial charge in [-0.15, -0.1) is 11.3 Å². The third-order valence-corrected chi connectivity index (χ3v) is 5.75. The zero-order chi connectivity index (χ0) is 17.0. The van der Waals surface area contributed by atoms with Crippen molar-refractivity contribution in [1.29, 1.82) is 0 Å². The van der Waals surface area contributed by atoms with Crippen LogP contribution in [-0.2, 0) is 4.79 Å². The summed E-state index contributed by atoms with van der Waals surface area (Å²) in [6, 6.07) is 1.82. The van der Waals surface area contributed by atoms with Gasteiger partial charge in [0.2, 0.25) is 5.91 Å². The number of thiophene rings is 1. The molecule has 2 heterocycles. The maximum absolute atomic E-state index is 12.5. The van der Waals surface area contributed by atoms with E-state index in [1.807, 2.05) is 19.9 Å². The molecule has 1 aromatic rings. The standard InChI is InChI=1S/C16H25N3O3S/c1-4-12(13-9-10(2)14(23-13)16(21)18-22)17-15(20)11-5-7-19(3)8-6-11/h9,11-12,22H,4-8H2,1-3H3,(H,17,20)(H,18,21)/t12-/m0/s1. The lowest BCUT2D eigenvalue weighted by molar-refractivity contribution is -0.127. The van der Waals surface area contributed by atoms with Crippen LogP contribution in [0.3, 0.4) is 0 Å². The number of likely N-dealkylation sites (tertiary alicyclic amines) is 1. The van der Waals surface area contributed by atoms with Crippen molar-refractivity contribution < 1.29 is 14.8 Å². The van der Waals surface area contributed by atoms with Gasteiger partial charge in [0, 0.05) is 10.8 Å². The van der Waals surface area contributed by atoms with Crippen molar-refractivity contribution in [3.8, 4) is 0 Å². The van der Waals surface area contributed by atoms with Gasteiger partial charge in [-0.25, -0.2) is 5.48 Å². The van der Waals surface area contributed by atoms with E-state index in [-0.39, 0.29) is 17.9 Å². The van der Waals surface area contributed by atoms with Crippen LogP contribution in [0.1, 0.15) is 52.3 Å². The third-order valence-electron chi connectivity index (χ3n) is 4.40. The second-order valence-corrected chi connectivity index (χ2v) is 7.23. The van der Waals surface area contributed by atoms with E-state index in [1.165, 1.54) is 11.3 Å². The van der Waals surface area contributed by atoms with Crippen molar-refractivity contribution in [1.82, 2.24) is 15.7 Å². The zero-order valence-corrected chi connectivity index (χ0v) is 14.7. The molecule has 128 valence electrons. The summed E-state index contributed by atoms with van der Waals surface area (Å²) >= 11 is 1.32. The average Bonchev–Trinajstić information content (AvgIpc) is 2.94. The molecule has 0 aromatic carbocycles. The Labute approximate surface area is 140 Å². The van der Waals surface area contributed by atoms with Crippen LogP contribution in [0.15, 0.2) is 6.07 Å². The molecule has 1 saturated heterocycles. The highest BCUT2D eigenvalue weighted by Gasteiger charge is 2.26. The highest BCUT2D eigenvalue weighted by atomic mass is 32.1. The van der Waals surface area contributed by atoms with Gasteiger partial charge in [0.25, 0.3) is 5.91 Å². The Bertz CT molecular complexity index is 565. The van der Waals surface area contributed by atoms with Gasteiger partial charge in [-0.1, -0.05) is 6.92 Å². The van der Waals surface area contributed by atoms with E-state index in [0.29, 0.717) is 4.88 Å². The van der Waals surface area contributed by atoms with Gasteiger partial charge < -0.3 is 10.2 Å². The second kappa shape index (κ2) is 7.90. The molecule has 0 spiro atoms. The van der Waals surface area contributed by atoms with Crippen molar-refractivity contribution in [2.75, 3.05) is 20.1 Å². The van der Waals surface area contributed by atoms with Gasteiger partial charge in [-0.3, -0.25) is 14.8 Å². The van der Waals surface area contributed by atoms with E-state index < -0.39 is 5.91 Å². The van der Waals surface area contributed by atoms with Crippen LogP contribution in [-0.4, -0.2) is 42.1 Å². The van der Waals surface area contributed by atoms with Crippen LogP contribution >= 0.6 is 11.3 Å². The molecule has 1 aromatic heterocycles. The summed E-state index contributed by atoms with van der Waals surface area (Å²) in [6.45, 7) is 5.75.